The molecule has 1 amide bonds. The number of carbonyl (C=O) groups is 1. The van der Waals surface area contributed by atoms with E-state index in [1.54, 1.807) is 37.1 Å². The zero-order valence-corrected chi connectivity index (χ0v) is 21.4. The fourth-order valence-corrected chi connectivity index (χ4v) is 6.45. The predicted molar refractivity (Wildman–Crippen MR) is 135 cm³/mol. The zero-order valence-electron chi connectivity index (χ0n) is 21.4. The molecule has 2 fully saturated rings. The van der Waals surface area contributed by atoms with Crippen LogP contribution in [0.4, 0.5) is 14.6 Å². The number of halogens is 2. The van der Waals surface area contributed by atoms with Gasteiger partial charge in [-0.3, -0.25) is 14.2 Å². The van der Waals surface area contributed by atoms with E-state index >= 15 is 0 Å². The maximum absolute atomic E-state index is 14.4. The first kappa shape index (κ1) is 24.3. The molecular formula is C27H34F2N6O2. The van der Waals surface area contributed by atoms with Gasteiger partial charge in [0.2, 0.25) is 5.91 Å². The summed E-state index contributed by atoms with van der Waals surface area (Å²) in [6.45, 7) is 4.97. The van der Waals surface area contributed by atoms with E-state index < -0.39 is 6.43 Å². The lowest BCUT2D eigenvalue weighted by molar-refractivity contribution is -0.129. The lowest BCUT2D eigenvalue weighted by Crippen LogP contribution is -2.46. The number of piperidine rings is 1. The Kier molecular flexibility index (Phi) is 6.38. The van der Waals surface area contributed by atoms with E-state index in [0.29, 0.717) is 31.9 Å². The van der Waals surface area contributed by atoms with Gasteiger partial charge in [-0.2, -0.15) is 10.2 Å². The van der Waals surface area contributed by atoms with Gasteiger partial charge in [-0.25, -0.2) is 8.78 Å². The highest BCUT2D eigenvalue weighted by Crippen LogP contribution is 2.43. The summed E-state index contributed by atoms with van der Waals surface area (Å²) in [6, 6.07) is 0.0596. The van der Waals surface area contributed by atoms with Crippen molar-refractivity contribution in [2.45, 2.75) is 64.1 Å². The number of rotatable bonds is 4. The second-order valence-corrected chi connectivity index (χ2v) is 10.6. The summed E-state index contributed by atoms with van der Waals surface area (Å²) in [5.74, 6) is 1.00. The Hall–Kier alpha value is -3.01. The van der Waals surface area contributed by atoms with Crippen LogP contribution >= 0.6 is 0 Å². The molecule has 198 valence electrons. The Bertz CT molecular complexity index is 1240. The second kappa shape index (κ2) is 9.70. The molecule has 2 unspecified atom stereocenters. The van der Waals surface area contributed by atoms with Gasteiger partial charge >= 0.3 is 0 Å². The minimum absolute atomic E-state index is 0.0496. The Labute approximate surface area is 215 Å². The average Bonchev–Trinajstić information content (AvgIpc) is 3.51. The number of carbonyl (C=O) groups excluding carboxylic acids is 1. The summed E-state index contributed by atoms with van der Waals surface area (Å²) >= 11 is 0. The minimum atomic E-state index is -2.59. The molecule has 0 spiro atoms. The zero-order chi connectivity index (χ0) is 25.7. The van der Waals surface area contributed by atoms with E-state index in [0.717, 1.165) is 55.6 Å². The average molecular weight is 513 g/mol. The number of nitrogens with zero attached hydrogens (tertiary/aromatic N) is 6. The highest BCUT2D eigenvalue weighted by molar-refractivity contribution is 5.81. The van der Waals surface area contributed by atoms with Crippen molar-refractivity contribution in [3.8, 4) is 0 Å². The number of aromatic nitrogens is 4. The summed E-state index contributed by atoms with van der Waals surface area (Å²) < 4.78 is 38.2. The van der Waals surface area contributed by atoms with Gasteiger partial charge in [0.25, 0.3) is 6.43 Å². The first-order chi connectivity index (χ1) is 17.9. The molecule has 0 N–H and O–H groups in total. The molecule has 2 atom stereocenters. The molecule has 2 saturated heterocycles. The second-order valence-electron chi connectivity index (χ2n) is 10.6. The van der Waals surface area contributed by atoms with Gasteiger partial charge in [-0.1, -0.05) is 12.2 Å². The largest absolute Gasteiger partial charge is 0.381 e. The van der Waals surface area contributed by atoms with Gasteiger partial charge in [-0.15, -0.1) is 0 Å². The predicted octanol–water partition coefficient (Wildman–Crippen LogP) is 3.75. The fourth-order valence-electron chi connectivity index (χ4n) is 6.45. The van der Waals surface area contributed by atoms with E-state index in [1.807, 2.05) is 11.0 Å². The topological polar surface area (TPSA) is 68.4 Å². The quantitative estimate of drug-likeness (QED) is 0.624. The molecule has 10 heteroatoms. The molecule has 8 nitrogen and oxygen atoms in total. The number of anilines is 1. The van der Waals surface area contributed by atoms with Gasteiger partial charge in [0.15, 0.2) is 5.82 Å². The lowest BCUT2D eigenvalue weighted by Gasteiger charge is -2.42. The van der Waals surface area contributed by atoms with Gasteiger partial charge in [0.1, 0.15) is 0 Å². The number of allylic oxidation sites excluding steroid dienone is 2. The molecule has 0 radical (unpaired) electrons. The Balaban J connectivity index is 1.41. The Morgan fingerprint density at radius 1 is 1.16 bits per heavy atom. The SMILES string of the molecule is CC(=O)N1CCc2c(c(N3CCCC4C=C(c5cnn(C)c5)C(C(F)F)=CC43)nn2C2CCOCC2)C1. The molecule has 5 heterocycles. The molecule has 4 aliphatic rings. The smallest absolute Gasteiger partial charge is 0.264 e. The number of hydrogen-bond donors (Lipinski definition) is 0. The standard InChI is InChI=1S/C27H34F2N6O2/c1-17(36)33-9-5-24-23(16-33)27(31-35(24)20-6-10-37-11-7-20)34-8-3-4-18-12-21(19-14-30-32(2)15-19)22(26(28)29)13-25(18)34/h12-15,18,20,25-26H,3-11,16H2,1-2H3. The molecule has 3 aliphatic heterocycles. The molecule has 2 aromatic rings. The van der Waals surface area contributed by atoms with Crippen LogP contribution in [0.15, 0.2) is 30.1 Å². The third kappa shape index (κ3) is 4.39. The van der Waals surface area contributed by atoms with Crippen molar-refractivity contribution >= 4 is 17.3 Å². The maximum Gasteiger partial charge on any atom is 0.264 e. The van der Waals surface area contributed by atoms with Gasteiger partial charge in [0, 0.05) is 81.2 Å². The van der Waals surface area contributed by atoms with Crippen molar-refractivity contribution in [2.24, 2.45) is 13.0 Å². The first-order valence-electron chi connectivity index (χ1n) is 13.3. The maximum atomic E-state index is 14.4. The van der Waals surface area contributed by atoms with Crippen molar-refractivity contribution in [3.05, 3.63) is 46.9 Å². The molecule has 1 aliphatic carbocycles. The summed E-state index contributed by atoms with van der Waals surface area (Å²) in [6.07, 6.45) is 9.11. The van der Waals surface area contributed by atoms with Crippen LogP contribution < -0.4 is 4.90 Å². The number of fused-ring (bicyclic) bond motifs is 2. The molecule has 0 saturated carbocycles. The summed E-state index contributed by atoms with van der Waals surface area (Å²) in [7, 11) is 1.80. The highest BCUT2D eigenvalue weighted by atomic mass is 19.3. The van der Waals surface area contributed by atoms with E-state index in [1.165, 1.54) is 5.69 Å². The molecule has 6 rings (SSSR count). The van der Waals surface area contributed by atoms with E-state index in [-0.39, 0.29) is 29.5 Å². The van der Waals surface area contributed by atoms with Crippen LogP contribution in [0.3, 0.4) is 0 Å². The van der Waals surface area contributed by atoms with Gasteiger partial charge < -0.3 is 14.5 Å². The van der Waals surface area contributed by atoms with Crippen LogP contribution in [0.1, 0.15) is 55.5 Å². The number of amides is 1. The number of hydrogen-bond acceptors (Lipinski definition) is 5. The summed E-state index contributed by atoms with van der Waals surface area (Å²) in [4.78, 5) is 16.4. The van der Waals surface area contributed by atoms with Crippen LogP contribution in [-0.4, -0.2) is 69.1 Å². The van der Waals surface area contributed by atoms with Crippen molar-refractivity contribution in [1.82, 2.24) is 24.5 Å². The van der Waals surface area contributed by atoms with Crippen molar-refractivity contribution in [1.29, 1.82) is 0 Å². The van der Waals surface area contributed by atoms with E-state index in [2.05, 4.69) is 14.7 Å². The van der Waals surface area contributed by atoms with E-state index in [9.17, 15) is 13.6 Å². The normalized spacial score (nSPS) is 24.6. The van der Waals surface area contributed by atoms with Crippen LogP contribution in [0.5, 0.6) is 0 Å². The molecule has 2 aromatic heterocycles. The molecule has 37 heavy (non-hydrogen) atoms. The lowest BCUT2D eigenvalue weighted by atomic mass is 9.79. The Morgan fingerprint density at radius 3 is 2.68 bits per heavy atom. The van der Waals surface area contributed by atoms with Crippen molar-refractivity contribution < 1.29 is 18.3 Å². The number of aryl methyl sites for hydroxylation is 1. The third-order valence-electron chi connectivity index (χ3n) is 8.35. The van der Waals surface area contributed by atoms with Crippen LogP contribution in [0.2, 0.25) is 0 Å². The highest BCUT2D eigenvalue weighted by Gasteiger charge is 2.39. The molecule has 0 bridgehead atoms. The molecule has 0 aromatic carbocycles. The van der Waals surface area contributed by atoms with Gasteiger partial charge in [0.05, 0.1) is 24.8 Å². The Morgan fingerprint density at radius 2 is 1.97 bits per heavy atom. The monoisotopic (exact) mass is 512 g/mol. The van der Waals surface area contributed by atoms with Crippen molar-refractivity contribution in [3.63, 3.8) is 0 Å². The number of ether oxygens (including phenoxy) is 1. The first-order valence-corrected chi connectivity index (χ1v) is 13.3. The summed E-state index contributed by atoms with van der Waals surface area (Å²) in [5, 5.41) is 9.38. The van der Waals surface area contributed by atoms with Crippen LogP contribution in [0, 0.1) is 5.92 Å². The number of alkyl halides is 2. The molecular weight excluding hydrogens is 478 g/mol. The van der Waals surface area contributed by atoms with Crippen LogP contribution in [0.25, 0.3) is 5.57 Å². The van der Waals surface area contributed by atoms with Crippen LogP contribution in [-0.2, 0) is 29.5 Å². The third-order valence-corrected chi connectivity index (χ3v) is 8.35. The summed E-state index contributed by atoms with van der Waals surface area (Å²) in [5.41, 5.74) is 3.63. The van der Waals surface area contributed by atoms with Crippen molar-refractivity contribution in [2.75, 3.05) is 31.2 Å². The van der Waals surface area contributed by atoms with E-state index in [4.69, 9.17) is 9.84 Å². The fraction of sp³-hybridized carbons (Fsp3) is 0.593. The van der Waals surface area contributed by atoms with Gasteiger partial charge in [-0.05, 0) is 31.3 Å². The minimum Gasteiger partial charge on any atom is -0.381 e.